The molecular formula is C13H13ClF3N3S. The van der Waals surface area contributed by atoms with E-state index in [1.54, 1.807) is 0 Å². The highest BCUT2D eigenvalue weighted by Crippen LogP contribution is 2.39. The van der Waals surface area contributed by atoms with Crippen LogP contribution < -0.4 is 4.90 Å². The molecule has 2 aromatic rings. The lowest BCUT2D eigenvalue weighted by molar-refractivity contribution is -0.120. The molecule has 21 heavy (non-hydrogen) atoms. The maximum atomic E-state index is 12.8. The number of thiophene rings is 1. The highest BCUT2D eigenvalue weighted by Gasteiger charge is 2.39. The van der Waals surface area contributed by atoms with E-state index in [4.69, 9.17) is 11.6 Å². The molecule has 0 radical (unpaired) electrons. The van der Waals surface area contributed by atoms with E-state index in [2.05, 4.69) is 9.97 Å². The van der Waals surface area contributed by atoms with E-state index >= 15 is 0 Å². The molecule has 0 spiro atoms. The topological polar surface area (TPSA) is 29.0 Å². The number of aromatic nitrogens is 2. The number of fused-ring (bicyclic) bond motifs is 1. The zero-order valence-corrected chi connectivity index (χ0v) is 12.8. The lowest BCUT2D eigenvalue weighted by atomic mass is 10.3. The van der Waals surface area contributed by atoms with Gasteiger partial charge in [-0.1, -0.05) is 6.92 Å². The molecule has 1 aliphatic rings. The summed E-state index contributed by atoms with van der Waals surface area (Å²) in [5, 5.41) is 0.659. The van der Waals surface area contributed by atoms with Crippen LogP contribution in [0.5, 0.6) is 0 Å². The minimum Gasteiger partial charge on any atom is -0.344 e. The lowest BCUT2D eigenvalue weighted by Crippen LogP contribution is -2.36. The fourth-order valence-electron chi connectivity index (χ4n) is 2.28. The first kappa shape index (κ1) is 14.8. The van der Waals surface area contributed by atoms with Crippen molar-refractivity contribution in [2.45, 2.75) is 38.4 Å². The highest BCUT2D eigenvalue weighted by molar-refractivity contribution is 7.18. The molecule has 1 saturated carbocycles. The van der Waals surface area contributed by atoms with Gasteiger partial charge in [-0.05, 0) is 36.9 Å². The van der Waals surface area contributed by atoms with Gasteiger partial charge in [0.05, 0.1) is 5.39 Å². The van der Waals surface area contributed by atoms with Crippen LogP contribution in [0.4, 0.5) is 19.0 Å². The molecule has 2 heterocycles. The highest BCUT2D eigenvalue weighted by atomic mass is 35.5. The molecule has 3 rings (SSSR count). The Hall–Kier alpha value is -1.08. The number of hydrogen-bond donors (Lipinski definition) is 0. The fraction of sp³-hybridized carbons (Fsp3) is 0.538. The molecular weight excluding hydrogens is 323 g/mol. The second-order valence-electron chi connectivity index (χ2n) is 5.08. The average Bonchev–Trinajstić information content (AvgIpc) is 3.14. The Bertz CT molecular complexity index is 666. The minimum atomic E-state index is -4.27. The summed E-state index contributed by atoms with van der Waals surface area (Å²) in [5.41, 5.74) is 0. The fourth-order valence-corrected chi connectivity index (χ4v) is 3.46. The molecule has 0 aromatic carbocycles. The summed E-state index contributed by atoms with van der Waals surface area (Å²) in [6, 6.07) is 1.77. The van der Waals surface area contributed by atoms with Gasteiger partial charge in [-0.15, -0.1) is 11.3 Å². The lowest BCUT2D eigenvalue weighted by Gasteiger charge is -2.25. The van der Waals surface area contributed by atoms with Crippen LogP contribution in [0.2, 0.25) is 5.28 Å². The molecule has 0 saturated heterocycles. The van der Waals surface area contributed by atoms with Gasteiger partial charge < -0.3 is 4.90 Å². The molecule has 1 aliphatic carbocycles. The molecule has 0 atom stereocenters. The van der Waals surface area contributed by atoms with Crippen molar-refractivity contribution in [1.82, 2.24) is 9.97 Å². The molecule has 8 heteroatoms. The van der Waals surface area contributed by atoms with E-state index in [1.807, 2.05) is 13.0 Å². The second kappa shape index (κ2) is 5.28. The number of alkyl halides is 3. The van der Waals surface area contributed by atoms with Crippen molar-refractivity contribution in [3.8, 4) is 0 Å². The SMILES string of the molecule is CCc1cc2c(N(CC(F)(F)F)C3CC3)nc(Cl)nc2s1. The number of halogens is 4. The Morgan fingerprint density at radius 2 is 2.10 bits per heavy atom. The van der Waals surface area contributed by atoms with Crippen molar-refractivity contribution in [1.29, 1.82) is 0 Å². The first-order valence-corrected chi connectivity index (χ1v) is 7.86. The van der Waals surface area contributed by atoms with Gasteiger partial charge in [0.2, 0.25) is 5.28 Å². The van der Waals surface area contributed by atoms with E-state index in [-0.39, 0.29) is 11.3 Å². The van der Waals surface area contributed by atoms with E-state index in [0.29, 0.717) is 16.0 Å². The summed E-state index contributed by atoms with van der Waals surface area (Å²) in [5.74, 6) is 0.306. The normalized spacial score (nSPS) is 15.7. The Morgan fingerprint density at radius 1 is 1.38 bits per heavy atom. The van der Waals surface area contributed by atoms with Crippen LogP contribution in [0.1, 0.15) is 24.6 Å². The molecule has 114 valence electrons. The molecule has 0 unspecified atom stereocenters. The smallest absolute Gasteiger partial charge is 0.344 e. The Balaban J connectivity index is 2.09. The Morgan fingerprint density at radius 3 is 2.67 bits per heavy atom. The average molecular weight is 336 g/mol. The summed E-state index contributed by atoms with van der Waals surface area (Å²) in [7, 11) is 0. The van der Waals surface area contributed by atoms with E-state index in [1.165, 1.54) is 16.2 Å². The second-order valence-corrected chi connectivity index (χ2v) is 6.53. The zero-order valence-electron chi connectivity index (χ0n) is 11.2. The van der Waals surface area contributed by atoms with Gasteiger partial charge >= 0.3 is 6.18 Å². The van der Waals surface area contributed by atoms with Crippen molar-refractivity contribution >= 4 is 39.0 Å². The largest absolute Gasteiger partial charge is 0.405 e. The van der Waals surface area contributed by atoms with Crippen LogP contribution in [0.3, 0.4) is 0 Å². The predicted octanol–water partition coefficient (Wildman–Crippen LogP) is 4.44. The summed E-state index contributed by atoms with van der Waals surface area (Å²) in [6.45, 7) is 0.991. The number of aryl methyl sites for hydroxylation is 1. The van der Waals surface area contributed by atoms with Crippen LogP contribution >= 0.6 is 22.9 Å². The molecule has 3 nitrogen and oxygen atoms in total. The third kappa shape index (κ3) is 3.23. The summed E-state index contributed by atoms with van der Waals surface area (Å²) < 4.78 is 38.5. The number of hydrogen-bond acceptors (Lipinski definition) is 4. The van der Waals surface area contributed by atoms with Crippen LogP contribution in [-0.2, 0) is 6.42 Å². The predicted molar refractivity (Wildman–Crippen MR) is 78.2 cm³/mol. The van der Waals surface area contributed by atoms with E-state index in [0.717, 1.165) is 24.1 Å². The molecule has 0 N–H and O–H groups in total. The van der Waals surface area contributed by atoms with Gasteiger partial charge in [0.1, 0.15) is 17.2 Å². The first-order chi connectivity index (χ1) is 9.87. The molecule has 0 aliphatic heterocycles. The third-order valence-corrected chi connectivity index (χ3v) is 4.70. The Kier molecular flexibility index (Phi) is 3.73. The van der Waals surface area contributed by atoms with Gasteiger partial charge in [-0.2, -0.15) is 18.2 Å². The number of nitrogens with zero attached hydrogens (tertiary/aromatic N) is 3. The molecule has 1 fully saturated rings. The van der Waals surface area contributed by atoms with Crippen molar-refractivity contribution in [3.63, 3.8) is 0 Å². The summed E-state index contributed by atoms with van der Waals surface area (Å²) in [4.78, 5) is 11.2. The van der Waals surface area contributed by atoms with Crippen molar-refractivity contribution < 1.29 is 13.2 Å². The van der Waals surface area contributed by atoms with Crippen LogP contribution in [0.25, 0.3) is 10.2 Å². The van der Waals surface area contributed by atoms with Crippen LogP contribution in [-0.4, -0.2) is 28.7 Å². The standard InChI is InChI=1S/C13H13ClF3N3S/c1-2-8-5-9-10(18-12(14)19-11(9)21-8)20(7-3-4-7)6-13(15,16)17/h5,7H,2-4,6H2,1H3. The summed E-state index contributed by atoms with van der Waals surface area (Å²) in [6.07, 6.45) is -1.95. The van der Waals surface area contributed by atoms with Crippen molar-refractivity contribution in [2.24, 2.45) is 0 Å². The minimum absolute atomic E-state index is 0.00479. The quantitative estimate of drug-likeness (QED) is 0.774. The first-order valence-electron chi connectivity index (χ1n) is 6.66. The van der Waals surface area contributed by atoms with Gasteiger partial charge in [-0.3, -0.25) is 0 Å². The summed E-state index contributed by atoms with van der Waals surface area (Å²) >= 11 is 7.34. The monoisotopic (exact) mass is 335 g/mol. The van der Waals surface area contributed by atoms with Crippen molar-refractivity contribution in [2.75, 3.05) is 11.4 Å². The molecule has 0 amide bonds. The maximum Gasteiger partial charge on any atom is 0.405 e. The van der Waals surface area contributed by atoms with Gasteiger partial charge in [0.15, 0.2) is 0 Å². The van der Waals surface area contributed by atoms with Crippen LogP contribution in [0, 0.1) is 0 Å². The number of rotatable bonds is 4. The number of anilines is 1. The van der Waals surface area contributed by atoms with Gasteiger partial charge in [-0.25, -0.2) is 4.98 Å². The maximum absolute atomic E-state index is 12.8. The van der Waals surface area contributed by atoms with Gasteiger partial charge in [0, 0.05) is 10.9 Å². The van der Waals surface area contributed by atoms with Crippen LogP contribution in [0.15, 0.2) is 6.07 Å². The molecule has 0 bridgehead atoms. The van der Waals surface area contributed by atoms with E-state index in [9.17, 15) is 13.2 Å². The zero-order chi connectivity index (χ0) is 15.2. The Labute approximate surface area is 128 Å². The van der Waals surface area contributed by atoms with E-state index < -0.39 is 12.7 Å². The van der Waals surface area contributed by atoms with Gasteiger partial charge in [0.25, 0.3) is 0 Å². The third-order valence-electron chi connectivity index (χ3n) is 3.35. The molecule has 2 aromatic heterocycles. The van der Waals surface area contributed by atoms with Crippen molar-refractivity contribution in [3.05, 3.63) is 16.2 Å².